The van der Waals surface area contributed by atoms with E-state index in [9.17, 15) is 4.79 Å². The zero-order valence-corrected chi connectivity index (χ0v) is 16.1. The molecule has 8 heteroatoms. The molecule has 0 spiro atoms. The largest absolute Gasteiger partial charge is 0.368 e. The van der Waals surface area contributed by atoms with Crippen LogP contribution in [0.4, 0.5) is 16.6 Å². The van der Waals surface area contributed by atoms with E-state index < -0.39 is 0 Å². The molecule has 0 unspecified atom stereocenters. The number of amides is 1. The average Bonchev–Trinajstić information content (AvgIpc) is 3.17. The lowest BCUT2D eigenvalue weighted by molar-refractivity contribution is 0.0742. The molecule has 6 nitrogen and oxygen atoms in total. The van der Waals surface area contributed by atoms with Crippen molar-refractivity contribution >= 4 is 45.5 Å². The summed E-state index contributed by atoms with van der Waals surface area (Å²) in [5.41, 5.74) is 1.60. The van der Waals surface area contributed by atoms with Crippen molar-refractivity contribution in [3.63, 3.8) is 0 Å². The van der Waals surface area contributed by atoms with Gasteiger partial charge in [0, 0.05) is 48.5 Å². The molecule has 1 fully saturated rings. The lowest BCUT2D eigenvalue weighted by atomic mass is 10.2. The van der Waals surface area contributed by atoms with Crippen LogP contribution in [-0.4, -0.2) is 47.0 Å². The van der Waals surface area contributed by atoms with E-state index in [0.29, 0.717) is 29.7 Å². The third-order valence-corrected chi connectivity index (χ3v) is 5.39. The monoisotopic (exact) mass is 399 g/mol. The molecule has 1 amide bonds. The normalized spacial score (nSPS) is 14.3. The lowest BCUT2D eigenvalue weighted by Crippen LogP contribution is -2.48. The first-order valence-electron chi connectivity index (χ1n) is 8.62. The van der Waals surface area contributed by atoms with Gasteiger partial charge in [-0.2, -0.15) is 0 Å². The molecule has 3 aromatic rings. The molecule has 0 radical (unpaired) electrons. The molecule has 2 aromatic heterocycles. The van der Waals surface area contributed by atoms with Crippen LogP contribution < -0.4 is 10.2 Å². The van der Waals surface area contributed by atoms with Crippen LogP contribution in [0, 0.1) is 0 Å². The maximum absolute atomic E-state index is 12.7. The molecular weight excluding hydrogens is 382 g/mol. The second kappa shape index (κ2) is 7.94. The first kappa shape index (κ1) is 17.8. The van der Waals surface area contributed by atoms with E-state index in [0.717, 1.165) is 23.8 Å². The van der Waals surface area contributed by atoms with Crippen molar-refractivity contribution < 1.29 is 4.79 Å². The quantitative estimate of drug-likeness (QED) is 0.721. The minimum absolute atomic E-state index is 0.0314. The first-order valence-corrected chi connectivity index (χ1v) is 9.88. The van der Waals surface area contributed by atoms with Crippen LogP contribution in [0.2, 0.25) is 5.02 Å². The smallest absolute Gasteiger partial charge is 0.273 e. The average molecular weight is 400 g/mol. The Bertz CT molecular complexity index is 907. The van der Waals surface area contributed by atoms with Gasteiger partial charge >= 0.3 is 0 Å². The lowest BCUT2D eigenvalue weighted by Gasteiger charge is -2.35. The number of benzene rings is 1. The number of pyridine rings is 1. The van der Waals surface area contributed by atoms with Crippen molar-refractivity contribution in [3.05, 3.63) is 64.8 Å². The molecule has 0 atom stereocenters. The maximum atomic E-state index is 12.7. The Morgan fingerprint density at radius 1 is 1.07 bits per heavy atom. The zero-order chi connectivity index (χ0) is 18.6. The highest BCUT2D eigenvalue weighted by Gasteiger charge is 2.24. The summed E-state index contributed by atoms with van der Waals surface area (Å²) in [6, 6.07) is 13.4. The summed E-state index contributed by atoms with van der Waals surface area (Å²) in [4.78, 5) is 25.5. The van der Waals surface area contributed by atoms with Crippen LogP contribution in [0.1, 0.15) is 10.5 Å². The van der Waals surface area contributed by atoms with E-state index in [4.69, 9.17) is 11.6 Å². The second-order valence-corrected chi connectivity index (χ2v) is 7.43. The Kier molecular flexibility index (Phi) is 5.22. The second-order valence-electron chi connectivity index (χ2n) is 6.13. The highest BCUT2D eigenvalue weighted by Crippen LogP contribution is 2.22. The van der Waals surface area contributed by atoms with Crippen molar-refractivity contribution in [1.29, 1.82) is 0 Å². The van der Waals surface area contributed by atoms with Crippen LogP contribution in [0.15, 0.2) is 54.0 Å². The molecule has 27 heavy (non-hydrogen) atoms. The summed E-state index contributed by atoms with van der Waals surface area (Å²) < 4.78 is 0. The first-order chi connectivity index (χ1) is 13.2. The minimum atomic E-state index is -0.0314. The van der Waals surface area contributed by atoms with Crippen LogP contribution in [0.3, 0.4) is 0 Å². The molecule has 138 valence electrons. The van der Waals surface area contributed by atoms with E-state index >= 15 is 0 Å². The SMILES string of the molecule is O=C(c1csc(Nc2ccccn2)n1)N1CCN(c2ccc(Cl)cc2)CC1. The number of nitrogens with one attached hydrogen (secondary N) is 1. The molecule has 3 heterocycles. The molecule has 4 rings (SSSR count). The van der Waals surface area contributed by atoms with Crippen molar-refractivity contribution in [2.75, 3.05) is 36.4 Å². The maximum Gasteiger partial charge on any atom is 0.273 e. The van der Waals surface area contributed by atoms with Gasteiger partial charge in [-0.25, -0.2) is 9.97 Å². The number of nitrogens with zero attached hydrogens (tertiary/aromatic N) is 4. The molecular formula is C19H18ClN5OS. The Morgan fingerprint density at radius 2 is 1.85 bits per heavy atom. The molecule has 0 bridgehead atoms. The van der Waals surface area contributed by atoms with E-state index in [2.05, 4.69) is 20.2 Å². The van der Waals surface area contributed by atoms with Gasteiger partial charge in [0.15, 0.2) is 5.13 Å². The Morgan fingerprint density at radius 3 is 2.56 bits per heavy atom. The van der Waals surface area contributed by atoms with Gasteiger partial charge in [-0.1, -0.05) is 17.7 Å². The molecule has 1 aliphatic heterocycles. The molecule has 1 aliphatic rings. The van der Waals surface area contributed by atoms with E-state index in [-0.39, 0.29) is 5.91 Å². The number of hydrogen-bond donors (Lipinski definition) is 1. The van der Waals surface area contributed by atoms with Gasteiger partial charge in [0.2, 0.25) is 0 Å². The Balaban J connectivity index is 1.36. The van der Waals surface area contributed by atoms with Crippen LogP contribution in [0.25, 0.3) is 0 Å². The van der Waals surface area contributed by atoms with Crippen molar-refractivity contribution in [1.82, 2.24) is 14.9 Å². The summed E-state index contributed by atoms with van der Waals surface area (Å²) in [5.74, 6) is 0.679. The number of aromatic nitrogens is 2. The molecule has 0 aliphatic carbocycles. The number of hydrogen-bond acceptors (Lipinski definition) is 6. The van der Waals surface area contributed by atoms with Crippen LogP contribution in [-0.2, 0) is 0 Å². The van der Waals surface area contributed by atoms with Gasteiger partial charge in [-0.05, 0) is 36.4 Å². The number of carbonyl (C=O) groups is 1. The fourth-order valence-electron chi connectivity index (χ4n) is 2.96. The topological polar surface area (TPSA) is 61.4 Å². The van der Waals surface area contributed by atoms with E-state index in [1.807, 2.05) is 47.4 Å². The fourth-order valence-corrected chi connectivity index (χ4v) is 3.77. The van der Waals surface area contributed by atoms with Gasteiger partial charge in [0.05, 0.1) is 0 Å². The van der Waals surface area contributed by atoms with Gasteiger partial charge in [0.25, 0.3) is 5.91 Å². The van der Waals surface area contributed by atoms with Gasteiger partial charge in [0.1, 0.15) is 11.5 Å². The molecule has 1 aromatic carbocycles. The van der Waals surface area contributed by atoms with Gasteiger partial charge in [-0.3, -0.25) is 4.79 Å². The summed E-state index contributed by atoms with van der Waals surface area (Å²) in [7, 11) is 0. The van der Waals surface area contributed by atoms with Crippen molar-refractivity contribution in [2.24, 2.45) is 0 Å². The van der Waals surface area contributed by atoms with Crippen LogP contribution >= 0.6 is 22.9 Å². The predicted octanol–water partition coefficient (Wildman–Crippen LogP) is 3.90. The highest BCUT2D eigenvalue weighted by atomic mass is 35.5. The Labute approximate surface area is 166 Å². The number of halogens is 1. The molecule has 1 N–H and O–H groups in total. The zero-order valence-electron chi connectivity index (χ0n) is 14.5. The summed E-state index contributed by atoms with van der Waals surface area (Å²) >= 11 is 7.35. The van der Waals surface area contributed by atoms with Gasteiger partial charge < -0.3 is 15.1 Å². The third kappa shape index (κ3) is 4.20. The number of thiazole rings is 1. The Hall–Kier alpha value is -2.64. The number of anilines is 3. The highest BCUT2D eigenvalue weighted by molar-refractivity contribution is 7.14. The van der Waals surface area contributed by atoms with E-state index in [1.165, 1.54) is 11.3 Å². The number of piperazine rings is 1. The predicted molar refractivity (Wildman–Crippen MR) is 109 cm³/mol. The molecule has 1 saturated heterocycles. The molecule has 0 saturated carbocycles. The van der Waals surface area contributed by atoms with E-state index in [1.54, 1.807) is 11.6 Å². The standard InChI is InChI=1S/C19H18ClN5OS/c20-14-4-6-15(7-5-14)24-9-11-25(12-10-24)18(26)16-13-27-19(22-16)23-17-3-1-2-8-21-17/h1-8,13H,9-12H2,(H,21,22,23). The fraction of sp³-hybridized carbons (Fsp3) is 0.211. The van der Waals surface area contributed by atoms with Crippen LogP contribution in [0.5, 0.6) is 0 Å². The van der Waals surface area contributed by atoms with Crippen molar-refractivity contribution in [2.45, 2.75) is 0 Å². The van der Waals surface area contributed by atoms with Crippen molar-refractivity contribution in [3.8, 4) is 0 Å². The summed E-state index contributed by atoms with van der Waals surface area (Å²) in [6.07, 6.45) is 1.71. The van der Waals surface area contributed by atoms with Gasteiger partial charge in [-0.15, -0.1) is 11.3 Å². The number of rotatable bonds is 4. The minimum Gasteiger partial charge on any atom is -0.368 e. The third-order valence-electron chi connectivity index (χ3n) is 4.38. The number of carbonyl (C=O) groups excluding carboxylic acids is 1. The summed E-state index contributed by atoms with van der Waals surface area (Å²) in [6.45, 7) is 2.91. The summed E-state index contributed by atoms with van der Waals surface area (Å²) in [5, 5.41) is 6.30.